The molecule has 1 aromatic heterocycles. The zero-order valence-corrected chi connectivity index (χ0v) is 8.87. The summed E-state index contributed by atoms with van der Waals surface area (Å²) in [5.41, 5.74) is -0.0449. The number of hydrogen-bond acceptors (Lipinski definition) is 2. The van der Waals surface area contributed by atoms with Crippen molar-refractivity contribution in [2.24, 2.45) is 0 Å². The zero-order chi connectivity index (χ0) is 9.90. The van der Waals surface area contributed by atoms with Gasteiger partial charge in [-0.1, -0.05) is 0 Å². The quantitative estimate of drug-likeness (QED) is 0.712. The van der Waals surface area contributed by atoms with E-state index in [1.54, 1.807) is 7.11 Å². The molecule has 0 unspecified atom stereocenters. The van der Waals surface area contributed by atoms with Gasteiger partial charge >= 0.3 is 0 Å². The van der Waals surface area contributed by atoms with E-state index in [-0.39, 0.29) is 5.60 Å². The molecular weight excluding hydrogens is 164 g/mol. The van der Waals surface area contributed by atoms with Gasteiger partial charge in [0.05, 0.1) is 5.60 Å². The third-order valence-electron chi connectivity index (χ3n) is 2.43. The van der Waals surface area contributed by atoms with E-state index in [0.29, 0.717) is 0 Å². The van der Waals surface area contributed by atoms with Crippen molar-refractivity contribution in [3.8, 4) is 0 Å². The first-order valence-corrected chi connectivity index (χ1v) is 4.58. The first-order chi connectivity index (χ1) is 6.05. The number of rotatable bonds is 4. The zero-order valence-electron chi connectivity index (χ0n) is 8.87. The molecule has 0 aliphatic rings. The molecule has 0 aromatic carbocycles. The number of hydrogen-bond donors (Lipinski definition) is 0. The number of ether oxygens (including phenoxy) is 1. The van der Waals surface area contributed by atoms with Gasteiger partial charge in [-0.15, -0.1) is 0 Å². The Labute approximate surface area is 79.7 Å². The second kappa shape index (κ2) is 3.92. The van der Waals surface area contributed by atoms with Crippen LogP contribution in [0.2, 0.25) is 0 Å². The predicted octanol–water partition coefficient (Wildman–Crippen LogP) is 2.01. The molecule has 3 nitrogen and oxygen atoms in total. The fourth-order valence-electron chi connectivity index (χ4n) is 1.13. The third kappa shape index (κ3) is 2.84. The van der Waals surface area contributed by atoms with Crippen LogP contribution in [0.3, 0.4) is 0 Å². The monoisotopic (exact) mass is 182 g/mol. The van der Waals surface area contributed by atoms with E-state index in [1.807, 2.05) is 19.3 Å². The number of nitrogens with zero attached hydrogens (tertiary/aromatic N) is 2. The lowest BCUT2D eigenvalue weighted by atomic mass is 10.1. The molecule has 0 atom stereocenters. The van der Waals surface area contributed by atoms with Crippen molar-refractivity contribution in [1.82, 2.24) is 9.55 Å². The van der Waals surface area contributed by atoms with E-state index in [9.17, 15) is 0 Å². The van der Waals surface area contributed by atoms with Gasteiger partial charge in [-0.2, -0.15) is 0 Å². The summed E-state index contributed by atoms with van der Waals surface area (Å²) in [6, 6.07) is 0. The van der Waals surface area contributed by atoms with Gasteiger partial charge in [0.25, 0.3) is 0 Å². The molecular formula is C10H18N2O. The number of imidazole rings is 1. The van der Waals surface area contributed by atoms with Crippen molar-refractivity contribution >= 4 is 0 Å². The van der Waals surface area contributed by atoms with E-state index in [1.165, 1.54) is 0 Å². The first kappa shape index (κ1) is 10.3. The SMILES string of the molecule is COC(C)(C)CCn1ccnc1C. The average molecular weight is 182 g/mol. The summed E-state index contributed by atoms with van der Waals surface area (Å²) in [5.74, 6) is 1.06. The molecule has 0 N–H and O–H groups in total. The predicted molar refractivity (Wildman–Crippen MR) is 52.7 cm³/mol. The molecule has 0 aliphatic heterocycles. The van der Waals surface area contributed by atoms with E-state index in [4.69, 9.17) is 4.74 Å². The normalized spacial score (nSPS) is 12.0. The van der Waals surface area contributed by atoms with E-state index in [2.05, 4.69) is 23.4 Å². The smallest absolute Gasteiger partial charge is 0.105 e. The fourth-order valence-corrected chi connectivity index (χ4v) is 1.13. The first-order valence-electron chi connectivity index (χ1n) is 4.58. The Balaban J connectivity index is 2.48. The van der Waals surface area contributed by atoms with Crippen LogP contribution in [0.5, 0.6) is 0 Å². The molecule has 0 radical (unpaired) electrons. The van der Waals surface area contributed by atoms with E-state index >= 15 is 0 Å². The summed E-state index contributed by atoms with van der Waals surface area (Å²) in [5, 5.41) is 0. The lowest BCUT2D eigenvalue weighted by Crippen LogP contribution is -2.24. The van der Waals surface area contributed by atoms with Gasteiger partial charge in [0.15, 0.2) is 0 Å². The van der Waals surface area contributed by atoms with E-state index < -0.39 is 0 Å². The summed E-state index contributed by atoms with van der Waals surface area (Å²) >= 11 is 0. The molecule has 0 saturated heterocycles. The molecule has 0 bridgehead atoms. The Bertz CT molecular complexity index is 266. The molecule has 1 heterocycles. The molecule has 0 spiro atoms. The van der Waals surface area contributed by atoms with Gasteiger partial charge < -0.3 is 9.30 Å². The molecule has 0 aliphatic carbocycles. The summed E-state index contributed by atoms with van der Waals surface area (Å²) in [4.78, 5) is 4.17. The highest BCUT2D eigenvalue weighted by atomic mass is 16.5. The highest BCUT2D eigenvalue weighted by Crippen LogP contribution is 2.14. The molecule has 1 rings (SSSR count). The molecule has 13 heavy (non-hydrogen) atoms. The highest BCUT2D eigenvalue weighted by Gasteiger charge is 2.15. The highest BCUT2D eigenvalue weighted by molar-refractivity contribution is 4.88. The second-order valence-corrected chi connectivity index (χ2v) is 3.88. The molecule has 0 amide bonds. The number of aromatic nitrogens is 2. The minimum atomic E-state index is -0.0449. The molecule has 1 aromatic rings. The Hall–Kier alpha value is -0.830. The van der Waals surface area contributed by atoms with Crippen molar-refractivity contribution < 1.29 is 4.74 Å². The van der Waals surface area contributed by atoms with Crippen LogP contribution in [0.25, 0.3) is 0 Å². The van der Waals surface area contributed by atoms with Crippen molar-refractivity contribution in [1.29, 1.82) is 0 Å². The van der Waals surface area contributed by atoms with Gasteiger partial charge in [0.1, 0.15) is 5.82 Å². The average Bonchev–Trinajstić information content (AvgIpc) is 2.48. The maximum absolute atomic E-state index is 5.34. The Morgan fingerprint density at radius 1 is 1.54 bits per heavy atom. The van der Waals surface area contributed by atoms with Crippen LogP contribution >= 0.6 is 0 Å². The Kier molecular flexibility index (Phi) is 3.09. The minimum Gasteiger partial charge on any atom is -0.379 e. The standard InChI is InChI=1S/C10H18N2O/c1-9-11-6-8-12(9)7-5-10(2,3)13-4/h6,8H,5,7H2,1-4H3. The second-order valence-electron chi connectivity index (χ2n) is 3.88. The Morgan fingerprint density at radius 3 is 2.69 bits per heavy atom. The lowest BCUT2D eigenvalue weighted by molar-refractivity contribution is 0.0119. The van der Waals surface area contributed by atoms with Crippen LogP contribution < -0.4 is 0 Å². The van der Waals surface area contributed by atoms with Gasteiger partial charge in [0.2, 0.25) is 0 Å². The summed E-state index contributed by atoms with van der Waals surface area (Å²) in [7, 11) is 1.75. The van der Waals surface area contributed by atoms with Crippen molar-refractivity contribution in [2.75, 3.05) is 7.11 Å². The van der Waals surface area contributed by atoms with E-state index in [0.717, 1.165) is 18.8 Å². The topological polar surface area (TPSA) is 27.1 Å². The van der Waals surface area contributed by atoms with Gasteiger partial charge in [-0.25, -0.2) is 4.98 Å². The molecule has 74 valence electrons. The maximum atomic E-state index is 5.34. The largest absolute Gasteiger partial charge is 0.379 e. The Morgan fingerprint density at radius 2 is 2.23 bits per heavy atom. The van der Waals surface area contributed by atoms with Crippen molar-refractivity contribution in [3.05, 3.63) is 18.2 Å². The maximum Gasteiger partial charge on any atom is 0.105 e. The van der Waals surface area contributed by atoms with Gasteiger partial charge in [0, 0.05) is 26.0 Å². The lowest BCUT2D eigenvalue weighted by Gasteiger charge is -2.23. The van der Waals surface area contributed by atoms with Crippen molar-refractivity contribution in [3.63, 3.8) is 0 Å². The minimum absolute atomic E-state index is 0.0449. The van der Waals surface area contributed by atoms with Gasteiger partial charge in [-0.05, 0) is 27.2 Å². The molecule has 0 fully saturated rings. The van der Waals surface area contributed by atoms with Crippen LogP contribution in [0.15, 0.2) is 12.4 Å². The van der Waals surface area contributed by atoms with Crippen LogP contribution in [-0.2, 0) is 11.3 Å². The van der Waals surface area contributed by atoms with Crippen LogP contribution in [0, 0.1) is 6.92 Å². The van der Waals surface area contributed by atoms with Crippen LogP contribution in [-0.4, -0.2) is 22.3 Å². The summed E-state index contributed by atoms with van der Waals surface area (Å²) < 4.78 is 7.48. The van der Waals surface area contributed by atoms with Gasteiger partial charge in [-0.3, -0.25) is 0 Å². The molecule has 0 saturated carbocycles. The summed E-state index contributed by atoms with van der Waals surface area (Å²) in [6.45, 7) is 7.17. The van der Waals surface area contributed by atoms with Crippen LogP contribution in [0.1, 0.15) is 26.1 Å². The molecule has 3 heteroatoms. The summed E-state index contributed by atoms with van der Waals surface area (Å²) in [6.07, 6.45) is 4.83. The van der Waals surface area contributed by atoms with Crippen molar-refractivity contribution in [2.45, 2.75) is 39.3 Å². The number of methoxy groups -OCH3 is 1. The fraction of sp³-hybridized carbons (Fsp3) is 0.700. The number of aryl methyl sites for hydroxylation is 2. The third-order valence-corrected chi connectivity index (χ3v) is 2.43. The van der Waals surface area contributed by atoms with Crippen LogP contribution in [0.4, 0.5) is 0 Å².